The van der Waals surface area contributed by atoms with Gasteiger partial charge < -0.3 is 4.57 Å². The average molecular weight is 329 g/mol. The highest BCUT2D eigenvalue weighted by Gasteiger charge is 2.18. The molecule has 0 unspecified atom stereocenters. The second-order valence-electron chi connectivity index (χ2n) is 6.40. The molecule has 1 N–H and O–H groups in total. The van der Waals surface area contributed by atoms with Crippen molar-refractivity contribution in [1.82, 2.24) is 9.99 Å². The van der Waals surface area contributed by atoms with E-state index >= 15 is 0 Å². The molecule has 0 saturated heterocycles. The number of carbonyl (C=O) groups excluding carboxylic acids is 1. The topological polar surface area (TPSA) is 46.4 Å². The Hall–Kier alpha value is -1.88. The van der Waals surface area contributed by atoms with Crippen molar-refractivity contribution in [1.29, 1.82) is 0 Å². The van der Waals surface area contributed by atoms with Crippen LogP contribution in [0.1, 0.15) is 63.4 Å². The summed E-state index contributed by atoms with van der Waals surface area (Å²) in [7, 11) is 0. The van der Waals surface area contributed by atoms with Gasteiger partial charge in [0, 0.05) is 27.9 Å². The average Bonchev–Trinajstić information content (AvgIpc) is 3.12. The maximum absolute atomic E-state index is 12.2. The van der Waals surface area contributed by atoms with E-state index in [0.717, 1.165) is 23.3 Å². The van der Waals surface area contributed by atoms with Gasteiger partial charge >= 0.3 is 0 Å². The fourth-order valence-electron chi connectivity index (χ4n) is 3.38. The molecule has 1 amide bonds. The largest absolute Gasteiger partial charge is 0.346 e. The summed E-state index contributed by atoms with van der Waals surface area (Å²) in [5.74, 6) is -0.113. The Bertz CT molecular complexity index is 746. The van der Waals surface area contributed by atoms with Gasteiger partial charge in [0.25, 0.3) is 5.91 Å². The third-order valence-electron chi connectivity index (χ3n) is 4.38. The van der Waals surface area contributed by atoms with Crippen LogP contribution in [0, 0.1) is 13.8 Å². The van der Waals surface area contributed by atoms with Crippen LogP contribution in [0.2, 0.25) is 0 Å². The smallest absolute Gasteiger partial charge is 0.281 e. The molecule has 2 heterocycles. The van der Waals surface area contributed by atoms with E-state index in [1.807, 2.05) is 6.07 Å². The minimum Gasteiger partial charge on any atom is -0.346 e. The van der Waals surface area contributed by atoms with E-state index in [1.165, 1.54) is 28.2 Å². The molecule has 0 saturated carbocycles. The molecule has 1 aliphatic carbocycles. The first-order valence-electron chi connectivity index (χ1n) is 8.10. The summed E-state index contributed by atoms with van der Waals surface area (Å²) in [6.45, 7) is 8.51. The van der Waals surface area contributed by atoms with Crippen LogP contribution in [0.25, 0.3) is 0 Å². The summed E-state index contributed by atoms with van der Waals surface area (Å²) < 4.78 is 2.27. The van der Waals surface area contributed by atoms with Crippen LogP contribution in [0.5, 0.6) is 0 Å². The van der Waals surface area contributed by atoms with Crippen molar-refractivity contribution in [2.75, 3.05) is 0 Å². The summed E-state index contributed by atoms with van der Waals surface area (Å²) in [6, 6.07) is 4.54. The van der Waals surface area contributed by atoms with Gasteiger partial charge in [0.15, 0.2) is 0 Å². The molecule has 0 aliphatic heterocycles. The maximum Gasteiger partial charge on any atom is 0.281 e. The number of rotatable bonds is 4. The summed E-state index contributed by atoms with van der Waals surface area (Å²) in [5.41, 5.74) is 7.42. The fraction of sp³-hybridized carbons (Fsp3) is 0.444. The summed E-state index contributed by atoms with van der Waals surface area (Å²) >= 11 is 1.60. The SMILES string of the molecule is Cc1cc(/C=N\NC(=O)c2cc3c(s2)CCC3)c(C)n1C(C)C. The van der Waals surface area contributed by atoms with Gasteiger partial charge in [0.2, 0.25) is 0 Å². The van der Waals surface area contributed by atoms with E-state index in [-0.39, 0.29) is 5.91 Å². The molecule has 0 fully saturated rings. The molecule has 23 heavy (non-hydrogen) atoms. The Balaban J connectivity index is 1.69. The second kappa shape index (κ2) is 6.32. The van der Waals surface area contributed by atoms with Crippen LogP contribution in [-0.2, 0) is 12.8 Å². The number of nitrogens with one attached hydrogen (secondary N) is 1. The van der Waals surface area contributed by atoms with Gasteiger partial charge in [-0.1, -0.05) is 0 Å². The van der Waals surface area contributed by atoms with Gasteiger partial charge in [0.1, 0.15) is 0 Å². The Morgan fingerprint density at radius 2 is 2.13 bits per heavy atom. The molecule has 1 aliphatic rings. The van der Waals surface area contributed by atoms with Crippen molar-refractivity contribution in [3.63, 3.8) is 0 Å². The van der Waals surface area contributed by atoms with E-state index < -0.39 is 0 Å². The fourth-order valence-corrected chi connectivity index (χ4v) is 4.53. The number of fused-ring (bicyclic) bond motifs is 1. The van der Waals surface area contributed by atoms with E-state index in [2.05, 4.69) is 48.9 Å². The van der Waals surface area contributed by atoms with Crippen LogP contribution >= 0.6 is 11.3 Å². The highest BCUT2D eigenvalue weighted by molar-refractivity contribution is 7.14. The number of aromatic nitrogens is 1. The predicted octanol–water partition coefficient (Wildman–Crippen LogP) is 4.00. The molecular formula is C18H23N3OS. The highest BCUT2D eigenvalue weighted by atomic mass is 32.1. The highest BCUT2D eigenvalue weighted by Crippen LogP contribution is 2.30. The van der Waals surface area contributed by atoms with Gasteiger partial charge in [0.05, 0.1) is 11.1 Å². The molecule has 0 bridgehead atoms. The number of hydrogen-bond acceptors (Lipinski definition) is 3. The van der Waals surface area contributed by atoms with Crippen LogP contribution < -0.4 is 5.43 Å². The van der Waals surface area contributed by atoms with Crippen molar-refractivity contribution in [2.45, 2.75) is 53.0 Å². The minimum absolute atomic E-state index is 0.113. The molecule has 4 nitrogen and oxygen atoms in total. The predicted molar refractivity (Wildman–Crippen MR) is 95.7 cm³/mol. The lowest BCUT2D eigenvalue weighted by Gasteiger charge is -2.13. The summed E-state index contributed by atoms with van der Waals surface area (Å²) in [5, 5.41) is 4.14. The van der Waals surface area contributed by atoms with E-state index in [1.54, 1.807) is 17.6 Å². The van der Waals surface area contributed by atoms with Crippen molar-refractivity contribution in [2.24, 2.45) is 5.10 Å². The molecule has 0 aromatic carbocycles. The lowest BCUT2D eigenvalue weighted by atomic mass is 10.2. The molecule has 0 radical (unpaired) electrons. The van der Waals surface area contributed by atoms with Gasteiger partial charge in [-0.15, -0.1) is 11.3 Å². The molecular weight excluding hydrogens is 306 g/mol. The number of thiophene rings is 1. The zero-order chi connectivity index (χ0) is 16.6. The first-order chi connectivity index (χ1) is 11.0. The number of hydrogen-bond donors (Lipinski definition) is 1. The van der Waals surface area contributed by atoms with Gasteiger partial charge in [-0.3, -0.25) is 4.79 Å². The molecule has 5 heteroatoms. The van der Waals surface area contributed by atoms with Crippen molar-refractivity contribution in [3.8, 4) is 0 Å². The quantitative estimate of drug-likeness (QED) is 0.669. The molecule has 2 aromatic heterocycles. The van der Waals surface area contributed by atoms with Crippen molar-refractivity contribution >= 4 is 23.5 Å². The number of aryl methyl sites for hydroxylation is 3. The zero-order valence-corrected chi connectivity index (χ0v) is 15.0. The lowest BCUT2D eigenvalue weighted by molar-refractivity contribution is 0.0959. The monoisotopic (exact) mass is 329 g/mol. The Labute approximate surface area is 141 Å². The van der Waals surface area contributed by atoms with E-state index in [0.29, 0.717) is 6.04 Å². The second-order valence-corrected chi connectivity index (χ2v) is 7.54. The summed E-state index contributed by atoms with van der Waals surface area (Å²) in [6.07, 6.45) is 5.16. The number of carbonyl (C=O) groups is 1. The van der Waals surface area contributed by atoms with E-state index in [9.17, 15) is 4.79 Å². The van der Waals surface area contributed by atoms with Crippen LogP contribution in [-0.4, -0.2) is 16.7 Å². The normalized spacial score (nSPS) is 14.0. The van der Waals surface area contributed by atoms with Gasteiger partial charge in [-0.2, -0.15) is 5.10 Å². The first kappa shape index (κ1) is 16.0. The molecule has 3 rings (SSSR count). The first-order valence-corrected chi connectivity index (χ1v) is 8.92. The maximum atomic E-state index is 12.2. The summed E-state index contributed by atoms with van der Waals surface area (Å²) in [4.78, 5) is 14.3. The van der Waals surface area contributed by atoms with Gasteiger partial charge in [-0.05, 0) is 64.7 Å². The lowest BCUT2D eigenvalue weighted by Crippen LogP contribution is -2.16. The Morgan fingerprint density at radius 3 is 2.78 bits per heavy atom. The van der Waals surface area contributed by atoms with Crippen molar-refractivity contribution in [3.05, 3.63) is 44.4 Å². The van der Waals surface area contributed by atoms with Crippen LogP contribution in [0.15, 0.2) is 17.2 Å². The number of amides is 1. The number of nitrogens with zero attached hydrogens (tertiary/aromatic N) is 2. The van der Waals surface area contributed by atoms with E-state index in [4.69, 9.17) is 0 Å². The molecule has 122 valence electrons. The molecule has 2 aromatic rings. The van der Waals surface area contributed by atoms with Crippen LogP contribution in [0.4, 0.5) is 0 Å². The van der Waals surface area contributed by atoms with Gasteiger partial charge in [-0.25, -0.2) is 5.43 Å². The minimum atomic E-state index is -0.113. The zero-order valence-electron chi connectivity index (χ0n) is 14.1. The Kier molecular flexibility index (Phi) is 4.39. The molecule has 0 spiro atoms. The van der Waals surface area contributed by atoms with Crippen LogP contribution in [0.3, 0.4) is 0 Å². The number of hydrazone groups is 1. The Morgan fingerprint density at radius 1 is 1.35 bits per heavy atom. The van der Waals surface area contributed by atoms with Crippen molar-refractivity contribution < 1.29 is 4.79 Å². The molecule has 0 atom stereocenters. The standard InChI is InChI=1S/C18H23N3OS/c1-11(2)21-12(3)8-15(13(21)4)10-19-20-18(22)17-9-14-6-5-7-16(14)23-17/h8-11H,5-7H2,1-4H3,(H,20,22)/b19-10-. The third kappa shape index (κ3) is 3.11. The third-order valence-corrected chi connectivity index (χ3v) is 5.62.